The predicted molar refractivity (Wildman–Crippen MR) is 110 cm³/mol. The Morgan fingerprint density at radius 2 is 1.59 bits per heavy atom. The lowest BCUT2D eigenvalue weighted by molar-refractivity contribution is -0.114. The zero-order valence-electron chi connectivity index (χ0n) is 17.4. The highest BCUT2D eigenvalue weighted by Crippen LogP contribution is 2.32. The molecule has 0 saturated heterocycles. The maximum Gasteiger partial charge on any atom is 0.243 e. The summed E-state index contributed by atoms with van der Waals surface area (Å²) in [4.78, 5) is 11.5. The van der Waals surface area contributed by atoms with Crippen molar-refractivity contribution in [3.8, 4) is 17.2 Å². The van der Waals surface area contributed by atoms with Crippen molar-refractivity contribution in [2.45, 2.75) is 25.3 Å². The molecule has 0 unspecified atom stereocenters. The highest BCUT2D eigenvalue weighted by molar-refractivity contribution is 7.89. The molecule has 0 saturated carbocycles. The molecule has 0 fully saturated rings. The number of carbonyl (C=O) groups is 1. The summed E-state index contributed by atoms with van der Waals surface area (Å²) < 4.78 is 43.2. The van der Waals surface area contributed by atoms with E-state index < -0.39 is 10.0 Å². The number of carbonyl (C=O) groups excluding carboxylic acids is 1. The summed E-state index contributed by atoms with van der Waals surface area (Å²) in [5, 5.41) is 2.58. The fourth-order valence-corrected chi connectivity index (χ4v) is 4.01. The molecular weight excluding hydrogens is 396 g/mol. The third-order valence-corrected chi connectivity index (χ3v) is 6.22. The highest BCUT2D eigenvalue weighted by atomic mass is 32.2. The molecule has 0 radical (unpaired) electrons. The summed E-state index contributed by atoms with van der Waals surface area (Å²) in [6.45, 7) is 3.35. The van der Waals surface area contributed by atoms with E-state index in [0.29, 0.717) is 17.2 Å². The molecule has 1 N–H and O–H groups in total. The normalized spacial score (nSPS) is 11.3. The number of aryl methyl sites for hydroxylation is 1. The van der Waals surface area contributed by atoms with Crippen molar-refractivity contribution >= 4 is 21.6 Å². The fraction of sp³-hybridized carbons (Fsp3) is 0.350. The van der Waals surface area contributed by atoms with E-state index in [4.69, 9.17) is 14.2 Å². The Balaban J connectivity index is 2.38. The number of benzene rings is 2. The quantitative estimate of drug-likeness (QED) is 0.703. The second kappa shape index (κ2) is 9.15. The number of nitrogens with one attached hydrogen (secondary N) is 1. The lowest BCUT2D eigenvalue weighted by atomic mass is 10.1. The van der Waals surface area contributed by atoms with Gasteiger partial charge in [0, 0.05) is 20.5 Å². The van der Waals surface area contributed by atoms with Crippen LogP contribution < -0.4 is 19.5 Å². The van der Waals surface area contributed by atoms with Gasteiger partial charge in [-0.25, -0.2) is 8.42 Å². The summed E-state index contributed by atoms with van der Waals surface area (Å²) in [7, 11) is 2.19. The van der Waals surface area contributed by atoms with Crippen LogP contribution in [0, 0.1) is 6.92 Å². The van der Waals surface area contributed by atoms with E-state index in [1.807, 2.05) is 6.92 Å². The van der Waals surface area contributed by atoms with Gasteiger partial charge in [-0.2, -0.15) is 4.31 Å². The van der Waals surface area contributed by atoms with Gasteiger partial charge < -0.3 is 19.5 Å². The maximum absolute atomic E-state index is 13.1. The SMILES string of the molecule is COc1ccc(S(=O)(=O)N(C)Cc2cc(OC)c(OC)cc2C)cc1NC(C)=O. The van der Waals surface area contributed by atoms with Gasteiger partial charge in [-0.3, -0.25) is 4.79 Å². The van der Waals surface area contributed by atoms with E-state index in [0.717, 1.165) is 11.1 Å². The second-order valence-corrected chi connectivity index (χ2v) is 8.48. The summed E-state index contributed by atoms with van der Waals surface area (Å²) in [6, 6.07) is 7.90. The first-order chi connectivity index (χ1) is 13.6. The number of nitrogens with zero attached hydrogens (tertiary/aromatic N) is 1. The summed E-state index contributed by atoms with van der Waals surface area (Å²) in [6.07, 6.45) is 0. The molecule has 0 aliphatic rings. The molecule has 2 aromatic carbocycles. The Labute approximate surface area is 171 Å². The van der Waals surface area contributed by atoms with Gasteiger partial charge in [-0.05, 0) is 48.4 Å². The first-order valence-electron chi connectivity index (χ1n) is 8.77. The molecule has 0 aliphatic heterocycles. The molecule has 29 heavy (non-hydrogen) atoms. The average molecular weight is 423 g/mol. The Bertz CT molecular complexity index is 1000. The van der Waals surface area contributed by atoms with Gasteiger partial charge in [0.2, 0.25) is 15.9 Å². The van der Waals surface area contributed by atoms with Crippen LogP contribution in [0.25, 0.3) is 0 Å². The second-order valence-electron chi connectivity index (χ2n) is 6.44. The Morgan fingerprint density at radius 3 is 2.14 bits per heavy atom. The van der Waals surface area contributed by atoms with Gasteiger partial charge in [-0.15, -0.1) is 0 Å². The van der Waals surface area contributed by atoms with Crippen LogP contribution in [0.1, 0.15) is 18.1 Å². The van der Waals surface area contributed by atoms with Crippen LogP contribution >= 0.6 is 0 Å². The highest BCUT2D eigenvalue weighted by Gasteiger charge is 2.24. The fourth-order valence-electron chi connectivity index (χ4n) is 2.83. The lowest BCUT2D eigenvalue weighted by Crippen LogP contribution is -2.27. The van der Waals surface area contributed by atoms with Crippen LogP contribution in [0.4, 0.5) is 5.69 Å². The van der Waals surface area contributed by atoms with E-state index in [9.17, 15) is 13.2 Å². The molecule has 1 amide bonds. The number of anilines is 1. The smallest absolute Gasteiger partial charge is 0.243 e. The van der Waals surface area contributed by atoms with Gasteiger partial charge in [0.1, 0.15) is 5.75 Å². The van der Waals surface area contributed by atoms with Crippen LogP contribution in [0.2, 0.25) is 0 Å². The van der Waals surface area contributed by atoms with E-state index >= 15 is 0 Å². The third-order valence-electron chi connectivity index (χ3n) is 4.42. The van der Waals surface area contributed by atoms with Crippen molar-refractivity contribution in [3.05, 3.63) is 41.5 Å². The van der Waals surface area contributed by atoms with Crippen LogP contribution in [-0.4, -0.2) is 47.0 Å². The van der Waals surface area contributed by atoms with Gasteiger partial charge >= 0.3 is 0 Å². The van der Waals surface area contributed by atoms with Crippen molar-refractivity contribution in [2.24, 2.45) is 0 Å². The van der Waals surface area contributed by atoms with Gasteiger partial charge in [0.15, 0.2) is 11.5 Å². The standard InChI is InChI=1S/C20H26N2O6S/c1-13-9-19(27-5)20(28-6)10-15(13)12-22(3)29(24,25)16-7-8-18(26-4)17(11-16)21-14(2)23/h7-11H,12H2,1-6H3,(H,21,23). The zero-order valence-corrected chi connectivity index (χ0v) is 18.2. The summed E-state index contributed by atoms with van der Waals surface area (Å²) in [5.41, 5.74) is 1.94. The summed E-state index contributed by atoms with van der Waals surface area (Å²) in [5.74, 6) is 1.15. The van der Waals surface area contributed by atoms with Crippen LogP contribution in [0.3, 0.4) is 0 Å². The molecule has 2 aromatic rings. The Hall–Kier alpha value is -2.78. The van der Waals surface area contributed by atoms with Gasteiger partial charge in [0.05, 0.1) is 31.9 Å². The molecule has 0 atom stereocenters. The van der Waals surface area contributed by atoms with E-state index in [-0.39, 0.29) is 23.0 Å². The van der Waals surface area contributed by atoms with Gasteiger partial charge in [-0.1, -0.05) is 0 Å². The van der Waals surface area contributed by atoms with E-state index in [1.54, 1.807) is 19.2 Å². The molecule has 2 rings (SSSR count). The number of amides is 1. The molecular formula is C20H26N2O6S. The molecule has 0 spiro atoms. The molecule has 158 valence electrons. The van der Waals surface area contributed by atoms with Crippen molar-refractivity contribution < 1.29 is 27.4 Å². The van der Waals surface area contributed by atoms with Crippen LogP contribution in [-0.2, 0) is 21.4 Å². The maximum atomic E-state index is 13.1. The van der Waals surface area contributed by atoms with Crippen molar-refractivity contribution in [1.82, 2.24) is 4.31 Å². The van der Waals surface area contributed by atoms with Gasteiger partial charge in [0.25, 0.3) is 0 Å². The Morgan fingerprint density at radius 1 is 1.00 bits per heavy atom. The minimum atomic E-state index is -3.82. The minimum Gasteiger partial charge on any atom is -0.495 e. The zero-order chi connectivity index (χ0) is 21.8. The third kappa shape index (κ3) is 4.99. The number of hydrogen-bond donors (Lipinski definition) is 1. The average Bonchev–Trinajstić information content (AvgIpc) is 2.68. The predicted octanol–water partition coefficient (Wildman–Crippen LogP) is 2.80. The van der Waals surface area contributed by atoms with Crippen LogP contribution in [0.5, 0.6) is 17.2 Å². The van der Waals surface area contributed by atoms with E-state index in [2.05, 4.69) is 5.32 Å². The van der Waals surface area contributed by atoms with Crippen molar-refractivity contribution in [2.75, 3.05) is 33.7 Å². The largest absolute Gasteiger partial charge is 0.495 e. The monoisotopic (exact) mass is 422 g/mol. The molecule has 8 nitrogen and oxygen atoms in total. The van der Waals surface area contributed by atoms with Crippen molar-refractivity contribution in [3.63, 3.8) is 0 Å². The first-order valence-corrected chi connectivity index (χ1v) is 10.2. The number of sulfonamides is 1. The number of ether oxygens (including phenoxy) is 3. The van der Waals surface area contributed by atoms with Crippen LogP contribution in [0.15, 0.2) is 35.2 Å². The molecule has 0 bridgehead atoms. The number of methoxy groups -OCH3 is 3. The first kappa shape index (κ1) is 22.5. The topological polar surface area (TPSA) is 94.2 Å². The molecule has 0 aromatic heterocycles. The molecule has 9 heteroatoms. The van der Waals surface area contributed by atoms with E-state index in [1.165, 1.54) is 50.7 Å². The Kier molecular flexibility index (Phi) is 7.10. The summed E-state index contributed by atoms with van der Waals surface area (Å²) >= 11 is 0. The minimum absolute atomic E-state index is 0.0441. The molecule has 0 aliphatic carbocycles. The number of rotatable bonds is 8. The number of hydrogen-bond acceptors (Lipinski definition) is 6. The lowest BCUT2D eigenvalue weighted by Gasteiger charge is -2.20. The van der Waals surface area contributed by atoms with Crippen molar-refractivity contribution in [1.29, 1.82) is 0 Å². The molecule has 0 heterocycles.